The lowest BCUT2D eigenvalue weighted by Gasteiger charge is -2.42. The Bertz CT molecular complexity index is 665. The van der Waals surface area contributed by atoms with Gasteiger partial charge in [-0.15, -0.1) is 11.6 Å². The highest BCUT2D eigenvalue weighted by molar-refractivity contribution is 6.52. The molecule has 0 radical (unpaired) electrons. The third-order valence-electron chi connectivity index (χ3n) is 3.48. The molecule has 0 aliphatic heterocycles. The van der Waals surface area contributed by atoms with Crippen molar-refractivity contribution in [1.82, 2.24) is 0 Å². The first kappa shape index (κ1) is 19.7. The average Bonchev–Trinajstić information content (AvgIpc) is 2.54. The Labute approximate surface area is 165 Å². The Morgan fingerprint density at radius 1 is 0.917 bits per heavy atom. The summed E-state index contributed by atoms with van der Waals surface area (Å²) in [5.41, 5.74) is -0.455. The molecule has 0 saturated carbocycles. The molecule has 0 bridgehead atoms. The maximum absolute atomic E-state index is 11.9. The fourth-order valence-corrected chi connectivity index (χ4v) is 3.41. The van der Waals surface area contributed by atoms with Crippen molar-refractivity contribution >= 4 is 64.0 Å². The summed E-state index contributed by atoms with van der Waals surface area (Å²) in [6.07, 6.45) is 0. The minimum absolute atomic E-state index is 0.186. The van der Waals surface area contributed by atoms with Crippen molar-refractivity contribution < 1.29 is 9.53 Å². The number of hydrogen-bond acceptors (Lipinski definition) is 2. The van der Waals surface area contributed by atoms with E-state index in [2.05, 4.69) is 0 Å². The van der Waals surface area contributed by atoms with Gasteiger partial charge in [0.15, 0.2) is 9.93 Å². The second kappa shape index (κ2) is 7.72. The molecule has 0 spiro atoms. The SMILES string of the molecule is CC(=O)OC(c1ccc(Cl)cc1)(c1ccc(Cl)cc1)C(Cl)(Cl)CCl. The van der Waals surface area contributed by atoms with Gasteiger partial charge in [-0.05, 0) is 24.3 Å². The number of ether oxygens (including phenoxy) is 1. The first-order valence-electron chi connectivity index (χ1n) is 6.88. The van der Waals surface area contributed by atoms with Gasteiger partial charge in [0, 0.05) is 28.1 Å². The van der Waals surface area contributed by atoms with Crippen LogP contribution in [0.15, 0.2) is 48.5 Å². The van der Waals surface area contributed by atoms with Crippen LogP contribution in [-0.2, 0) is 15.1 Å². The van der Waals surface area contributed by atoms with E-state index in [1.165, 1.54) is 6.92 Å². The number of hydrogen-bond donors (Lipinski definition) is 0. The maximum Gasteiger partial charge on any atom is 0.303 e. The number of rotatable bonds is 5. The molecule has 0 fully saturated rings. The van der Waals surface area contributed by atoms with E-state index in [4.69, 9.17) is 62.7 Å². The maximum atomic E-state index is 11.9. The number of benzene rings is 2. The van der Waals surface area contributed by atoms with Gasteiger partial charge < -0.3 is 4.74 Å². The van der Waals surface area contributed by atoms with E-state index in [0.717, 1.165) is 0 Å². The molecule has 2 rings (SSSR count). The third kappa shape index (κ3) is 3.79. The van der Waals surface area contributed by atoms with Crippen molar-refractivity contribution in [3.05, 3.63) is 69.7 Å². The van der Waals surface area contributed by atoms with E-state index in [-0.39, 0.29) is 5.88 Å². The number of esters is 1. The highest BCUT2D eigenvalue weighted by Gasteiger charge is 2.55. The normalized spacial score (nSPS) is 12.1. The molecule has 0 aromatic heterocycles. The van der Waals surface area contributed by atoms with Crippen LogP contribution in [0.5, 0.6) is 0 Å². The Kier molecular flexibility index (Phi) is 6.33. The molecule has 0 aliphatic carbocycles. The lowest BCUT2D eigenvalue weighted by atomic mass is 9.83. The Hall–Kier alpha value is -0.640. The minimum atomic E-state index is -1.64. The summed E-state index contributed by atoms with van der Waals surface area (Å²) in [6.45, 7) is 1.28. The summed E-state index contributed by atoms with van der Waals surface area (Å²) in [5.74, 6) is -0.745. The Balaban J connectivity index is 2.80. The van der Waals surface area contributed by atoms with E-state index in [1.807, 2.05) is 0 Å². The van der Waals surface area contributed by atoms with Crippen molar-refractivity contribution in [2.45, 2.75) is 16.9 Å². The van der Waals surface area contributed by atoms with E-state index >= 15 is 0 Å². The van der Waals surface area contributed by atoms with Gasteiger partial charge in [-0.1, -0.05) is 70.7 Å². The lowest BCUT2D eigenvalue weighted by molar-refractivity contribution is -0.155. The highest BCUT2D eigenvalue weighted by Crippen LogP contribution is 2.50. The van der Waals surface area contributed by atoms with Crippen LogP contribution in [0.1, 0.15) is 18.1 Å². The molecule has 0 saturated heterocycles. The molecule has 7 heteroatoms. The van der Waals surface area contributed by atoms with Crippen molar-refractivity contribution in [3.8, 4) is 0 Å². The molecule has 2 aromatic rings. The molecule has 0 unspecified atom stereocenters. The van der Waals surface area contributed by atoms with Crippen LogP contribution in [0.4, 0.5) is 0 Å². The van der Waals surface area contributed by atoms with E-state index < -0.39 is 15.9 Å². The van der Waals surface area contributed by atoms with Crippen molar-refractivity contribution in [1.29, 1.82) is 0 Å². The summed E-state index contributed by atoms with van der Waals surface area (Å²) in [5, 5.41) is 1.04. The van der Waals surface area contributed by atoms with E-state index in [1.54, 1.807) is 48.5 Å². The summed E-state index contributed by atoms with van der Waals surface area (Å²) >= 11 is 31.0. The van der Waals surface area contributed by atoms with Crippen molar-refractivity contribution in [2.24, 2.45) is 0 Å². The third-order valence-corrected chi connectivity index (χ3v) is 5.46. The molecule has 2 aromatic carbocycles. The summed E-state index contributed by atoms with van der Waals surface area (Å²) in [6, 6.07) is 13.4. The van der Waals surface area contributed by atoms with Crippen LogP contribution in [0.3, 0.4) is 0 Å². The lowest BCUT2D eigenvalue weighted by Crippen LogP contribution is -2.49. The van der Waals surface area contributed by atoms with E-state index in [9.17, 15) is 4.79 Å². The summed E-state index contributed by atoms with van der Waals surface area (Å²) in [7, 11) is 0. The van der Waals surface area contributed by atoms with Crippen LogP contribution in [0, 0.1) is 0 Å². The van der Waals surface area contributed by atoms with Crippen LogP contribution in [0.25, 0.3) is 0 Å². The zero-order chi connectivity index (χ0) is 18.0. The first-order chi connectivity index (χ1) is 11.2. The number of halogens is 5. The van der Waals surface area contributed by atoms with Crippen LogP contribution in [0.2, 0.25) is 10.0 Å². The standard InChI is InChI=1S/C17H13Cl5O2/c1-11(23)24-17(16(21,22)10-18,12-2-6-14(19)7-3-12)13-4-8-15(20)9-5-13/h2-9H,10H2,1H3. The second-order valence-corrected chi connectivity index (χ2v) is 7.75. The predicted octanol–water partition coefficient (Wildman–Crippen LogP) is 6.21. The number of carbonyl (C=O) groups excluding carboxylic acids is 1. The zero-order valence-corrected chi connectivity index (χ0v) is 16.3. The topological polar surface area (TPSA) is 26.3 Å². The smallest absolute Gasteiger partial charge is 0.303 e. The van der Waals surface area contributed by atoms with Gasteiger partial charge in [0.1, 0.15) is 0 Å². The minimum Gasteiger partial charge on any atom is -0.446 e. The average molecular weight is 427 g/mol. The number of carbonyl (C=O) groups is 1. The van der Waals surface area contributed by atoms with Gasteiger partial charge in [-0.2, -0.15) is 0 Å². The predicted molar refractivity (Wildman–Crippen MR) is 101 cm³/mol. The van der Waals surface area contributed by atoms with Crippen LogP contribution < -0.4 is 0 Å². The van der Waals surface area contributed by atoms with Gasteiger partial charge in [-0.25, -0.2) is 0 Å². The van der Waals surface area contributed by atoms with Crippen molar-refractivity contribution in [3.63, 3.8) is 0 Å². The molecule has 0 N–H and O–H groups in total. The molecule has 0 heterocycles. The molecule has 0 aliphatic rings. The zero-order valence-electron chi connectivity index (χ0n) is 12.5. The first-order valence-corrected chi connectivity index (χ1v) is 8.93. The molecular weight excluding hydrogens is 413 g/mol. The van der Waals surface area contributed by atoms with Crippen LogP contribution >= 0.6 is 58.0 Å². The molecule has 2 nitrogen and oxygen atoms in total. The van der Waals surface area contributed by atoms with Gasteiger partial charge >= 0.3 is 5.97 Å². The molecule has 0 atom stereocenters. The Morgan fingerprint density at radius 3 is 1.58 bits per heavy atom. The summed E-state index contributed by atoms with van der Waals surface area (Å²) in [4.78, 5) is 11.9. The van der Waals surface area contributed by atoms with Gasteiger partial charge in [0.05, 0.1) is 5.88 Å². The quantitative estimate of drug-likeness (QED) is 0.419. The van der Waals surface area contributed by atoms with E-state index in [0.29, 0.717) is 21.2 Å². The summed E-state index contributed by atoms with van der Waals surface area (Å²) < 4.78 is 4.04. The van der Waals surface area contributed by atoms with Crippen LogP contribution in [-0.4, -0.2) is 16.2 Å². The molecule has 0 amide bonds. The fraction of sp³-hybridized carbons (Fsp3) is 0.235. The fourth-order valence-electron chi connectivity index (χ4n) is 2.46. The van der Waals surface area contributed by atoms with Gasteiger partial charge in [0.2, 0.25) is 0 Å². The number of alkyl halides is 3. The molecule has 24 heavy (non-hydrogen) atoms. The Morgan fingerprint density at radius 2 is 1.29 bits per heavy atom. The monoisotopic (exact) mass is 424 g/mol. The second-order valence-electron chi connectivity index (χ2n) is 5.13. The largest absolute Gasteiger partial charge is 0.446 e. The molecular formula is C17H13Cl5O2. The van der Waals surface area contributed by atoms with Gasteiger partial charge in [0.25, 0.3) is 0 Å². The highest BCUT2D eigenvalue weighted by atomic mass is 35.5. The van der Waals surface area contributed by atoms with Gasteiger partial charge in [-0.3, -0.25) is 4.79 Å². The van der Waals surface area contributed by atoms with Crippen molar-refractivity contribution in [2.75, 3.05) is 5.88 Å². The molecule has 128 valence electrons.